The van der Waals surface area contributed by atoms with Crippen molar-refractivity contribution in [2.75, 3.05) is 19.0 Å². The minimum atomic E-state index is -0.337. The summed E-state index contributed by atoms with van der Waals surface area (Å²) in [5.74, 6) is 0.439. The first-order valence-corrected chi connectivity index (χ1v) is 9.24. The topological polar surface area (TPSA) is 64.6 Å². The van der Waals surface area contributed by atoms with Crippen LogP contribution in [0.5, 0.6) is 5.75 Å². The van der Waals surface area contributed by atoms with E-state index in [-0.39, 0.29) is 11.9 Å². The van der Waals surface area contributed by atoms with Crippen LogP contribution in [0.25, 0.3) is 0 Å². The standard InChI is InChI=1S/C22H27NO4/c1-4-5-14-27-22(25)18-8-10-19(11-9-18)23-21(24)13-7-17-6-12-20(26-3)16(2)15-17/h6,8-12,15H,4-5,7,13-14H2,1-3H3,(H,23,24). The van der Waals surface area contributed by atoms with E-state index in [1.54, 1.807) is 31.4 Å². The van der Waals surface area contributed by atoms with E-state index in [1.807, 2.05) is 32.0 Å². The van der Waals surface area contributed by atoms with Crippen molar-refractivity contribution in [3.8, 4) is 5.75 Å². The number of benzene rings is 2. The molecule has 2 aromatic rings. The lowest BCUT2D eigenvalue weighted by Crippen LogP contribution is -2.13. The number of rotatable bonds is 9. The quantitative estimate of drug-likeness (QED) is 0.521. The fourth-order valence-electron chi connectivity index (χ4n) is 2.66. The van der Waals surface area contributed by atoms with Crippen LogP contribution in [-0.2, 0) is 16.0 Å². The summed E-state index contributed by atoms with van der Waals surface area (Å²) in [4.78, 5) is 24.0. The number of unbranched alkanes of at least 4 members (excludes halogenated alkanes) is 1. The van der Waals surface area contributed by atoms with Crippen molar-refractivity contribution in [3.05, 3.63) is 59.2 Å². The molecule has 0 aliphatic heterocycles. The van der Waals surface area contributed by atoms with Crippen LogP contribution in [0.3, 0.4) is 0 Å². The van der Waals surface area contributed by atoms with Gasteiger partial charge in [-0.05, 0) is 61.2 Å². The molecule has 0 unspecified atom stereocenters. The number of carbonyl (C=O) groups is 2. The molecule has 0 fully saturated rings. The molecule has 0 saturated heterocycles. The molecule has 144 valence electrons. The summed E-state index contributed by atoms with van der Waals surface area (Å²) in [6.07, 6.45) is 2.87. The highest BCUT2D eigenvalue weighted by Crippen LogP contribution is 2.19. The van der Waals surface area contributed by atoms with Gasteiger partial charge in [0, 0.05) is 12.1 Å². The first kappa shape index (κ1) is 20.5. The van der Waals surface area contributed by atoms with Gasteiger partial charge in [-0.3, -0.25) is 4.79 Å². The molecule has 0 radical (unpaired) electrons. The Balaban J connectivity index is 1.83. The van der Waals surface area contributed by atoms with Gasteiger partial charge in [0.15, 0.2) is 0 Å². The average molecular weight is 369 g/mol. The second kappa shape index (κ2) is 10.4. The summed E-state index contributed by atoms with van der Waals surface area (Å²) < 4.78 is 10.4. The van der Waals surface area contributed by atoms with E-state index in [0.29, 0.717) is 30.7 Å². The molecule has 0 heterocycles. The monoisotopic (exact) mass is 369 g/mol. The summed E-state index contributed by atoms with van der Waals surface area (Å²) in [5, 5.41) is 2.85. The van der Waals surface area contributed by atoms with Crippen molar-refractivity contribution >= 4 is 17.6 Å². The van der Waals surface area contributed by atoms with Crippen LogP contribution in [0.15, 0.2) is 42.5 Å². The van der Waals surface area contributed by atoms with E-state index >= 15 is 0 Å². The molecule has 0 spiro atoms. The van der Waals surface area contributed by atoms with Crippen molar-refractivity contribution < 1.29 is 19.1 Å². The lowest BCUT2D eigenvalue weighted by atomic mass is 10.1. The minimum Gasteiger partial charge on any atom is -0.496 e. The molecule has 0 saturated carbocycles. The van der Waals surface area contributed by atoms with Crippen molar-refractivity contribution in [2.45, 2.75) is 39.5 Å². The maximum Gasteiger partial charge on any atom is 0.338 e. The number of hydrogen-bond donors (Lipinski definition) is 1. The van der Waals surface area contributed by atoms with Crippen LogP contribution >= 0.6 is 0 Å². The average Bonchev–Trinajstić information content (AvgIpc) is 2.67. The smallest absolute Gasteiger partial charge is 0.338 e. The van der Waals surface area contributed by atoms with E-state index in [0.717, 1.165) is 29.7 Å². The van der Waals surface area contributed by atoms with E-state index in [2.05, 4.69) is 5.32 Å². The van der Waals surface area contributed by atoms with Crippen molar-refractivity contribution in [1.29, 1.82) is 0 Å². The van der Waals surface area contributed by atoms with E-state index < -0.39 is 0 Å². The Kier molecular flexibility index (Phi) is 7.86. The van der Waals surface area contributed by atoms with Crippen LogP contribution in [-0.4, -0.2) is 25.6 Å². The molecule has 27 heavy (non-hydrogen) atoms. The van der Waals surface area contributed by atoms with Crippen LogP contribution in [0.1, 0.15) is 47.7 Å². The van der Waals surface area contributed by atoms with Crippen molar-refractivity contribution in [1.82, 2.24) is 0 Å². The number of esters is 1. The van der Waals surface area contributed by atoms with Gasteiger partial charge in [-0.2, -0.15) is 0 Å². The molecule has 5 nitrogen and oxygen atoms in total. The van der Waals surface area contributed by atoms with Gasteiger partial charge in [0.2, 0.25) is 5.91 Å². The fourth-order valence-corrected chi connectivity index (χ4v) is 2.66. The highest BCUT2D eigenvalue weighted by molar-refractivity contribution is 5.93. The Morgan fingerprint density at radius 1 is 1.07 bits per heavy atom. The number of ether oxygens (including phenoxy) is 2. The molecule has 2 rings (SSSR count). The predicted octanol–water partition coefficient (Wildman–Crippen LogP) is 4.53. The number of nitrogens with one attached hydrogen (secondary N) is 1. The molecule has 1 amide bonds. The Labute approximate surface area is 160 Å². The highest BCUT2D eigenvalue weighted by Gasteiger charge is 2.08. The first-order chi connectivity index (χ1) is 13.0. The van der Waals surface area contributed by atoms with E-state index in [1.165, 1.54) is 0 Å². The zero-order valence-corrected chi connectivity index (χ0v) is 16.2. The van der Waals surface area contributed by atoms with Gasteiger partial charge >= 0.3 is 5.97 Å². The number of methoxy groups -OCH3 is 1. The predicted molar refractivity (Wildman–Crippen MR) is 106 cm³/mol. The summed E-state index contributed by atoms with van der Waals surface area (Å²) in [6.45, 7) is 4.46. The van der Waals surface area contributed by atoms with Crippen LogP contribution in [0.4, 0.5) is 5.69 Å². The summed E-state index contributed by atoms with van der Waals surface area (Å²) in [5.41, 5.74) is 3.29. The summed E-state index contributed by atoms with van der Waals surface area (Å²) >= 11 is 0. The van der Waals surface area contributed by atoms with E-state index in [9.17, 15) is 9.59 Å². The molecular weight excluding hydrogens is 342 g/mol. The number of carbonyl (C=O) groups excluding carboxylic acids is 2. The number of anilines is 1. The van der Waals surface area contributed by atoms with Gasteiger partial charge < -0.3 is 14.8 Å². The molecule has 1 N–H and O–H groups in total. The van der Waals surface area contributed by atoms with Gasteiger partial charge in [0.05, 0.1) is 19.3 Å². The molecule has 0 aliphatic carbocycles. The Hall–Kier alpha value is -2.82. The van der Waals surface area contributed by atoms with Crippen molar-refractivity contribution in [3.63, 3.8) is 0 Å². The highest BCUT2D eigenvalue weighted by atomic mass is 16.5. The zero-order valence-electron chi connectivity index (χ0n) is 16.2. The summed E-state index contributed by atoms with van der Waals surface area (Å²) in [7, 11) is 1.64. The van der Waals surface area contributed by atoms with Gasteiger partial charge in [-0.1, -0.05) is 25.5 Å². The van der Waals surface area contributed by atoms with E-state index in [4.69, 9.17) is 9.47 Å². The third-order valence-electron chi connectivity index (χ3n) is 4.24. The lowest BCUT2D eigenvalue weighted by molar-refractivity contribution is -0.116. The largest absolute Gasteiger partial charge is 0.496 e. The second-order valence-electron chi connectivity index (χ2n) is 6.42. The van der Waals surface area contributed by atoms with Gasteiger partial charge in [0.1, 0.15) is 5.75 Å². The van der Waals surface area contributed by atoms with Gasteiger partial charge in [0.25, 0.3) is 0 Å². The molecule has 0 bridgehead atoms. The Bertz CT molecular complexity index is 768. The van der Waals surface area contributed by atoms with Crippen LogP contribution in [0.2, 0.25) is 0 Å². The second-order valence-corrected chi connectivity index (χ2v) is 6.42. The molecule has 0 aliphatic rings. The van der Waals surface area contributed by atoms with Crippen molar-refractivity contribution in [2.24, 2.45) is 0 Å². The maximum absolute atomic E-state index is 12.2. The third kappa shape index (κ3) is 6.44. The number of hydrogen-bond acceptors (Lipinski definition) is 4. The Morgan fingerprint density at radius 2 is 1.81 bits per heavy atom. The lowest BCUT2D eigenvalue weighted by Gasteiger charge is -2.09. The minimum absolute atomic E-state index is 0.0678. The fraction of sp³-hybridized carbons (Fsp3) is 0.364. The number of aryl methyl sites for hydroxylation is 2. The molecule has 0 aromatic heterocycles. The van der Waals surface area contributed by atoms with Gasteiger partial charge in [-0.25, -0.2) is 4.79 Å². The van der Waals surface area contributed by atoms with Crippen LogP contribution in [0, 0.1) is 6.92 Å². The SMILES string of the molecule is CCCCOC(=O)c1ccc(NC(=O)CCc2ccc(OC)c(C)c2)cc1. The Morgan fingerprint density at radius 3 is 2.44 bits per heavy atom. The summed E-state index contributed by atoms with van der Waals surface area (Å²) in [6, 6.07) is 12.7. The normalized spacial score (nSPS) is 10.3. The number of amides is 1. The first-order valence-electron chi connectivity index (χ1n) is 9.24. The maximum atomic E-state index is 12.2. The molecule has 0 atom stereocenters. The van der Waals surface area contributed by atoms with Gasteiger partial charge in [-0.15, -0.1) is 0 Å². The third-order valence-corrected chi connectivity index (χ3v) is 4.24. The zero-order chi connectivity index (χ0) is 19.6. The molecular formula is C22H27NO4. The molecule has 2 aromatic carbocycles. The van der Waals surface area contributed by atoms with Crippen LogP contribution < -0.4 is 10.1 Å². The molecule has 5 heteroatoms.